The van der Waals surface area contributed by atoms with Crippen LogP contribution in [0, 0.1) is 11.6 Å². The fourth-order valence-corrected chi connectivity index (χ4v) is 4.99. The molecule has 3 rings (SSSR count). The van der Waals surface area contributed by atoms with Gasteiger partial charge in [-0.2, -0.15) is 0 Å². The van der Waals surface area contributed by atoms with Crippen LogP contribution in [0.5, 0.6) is 5.75 Å². The van der Waals surface area contributed by atoms with Crippen LogP contribution in [0.15, 0.2) is 30.3 Å². The fourth-order valence-electron chi connectivity index (χ4n) is 4.99. The van der Waals surface area contributed by atoms with Crippen LogP contribution in [-0.2, 0) is 35.7 Å². The Hall–Kier alpha value is -3.57. The number of amides is 2. The van der Waals surface area contributed by atoms with Crippen molar-refractivity contribution in [2.45, 2.75) is 57.9 Å². The summed E-state index contributed by atoms with van der Waals surface area (Å²) in [5.41, 5.74) is 0.115. The van der Waals surface area contributed by atoms with Crippen LogP contribution in [0.4, 0.5) is 14.5 Å². The van der Waals surface area contributed by atoms with E-state index in [1.54, 1.807) is 26.0 Å². The van der Waals surface area contributed by atoms with Crippen molar-refractivity contribution in [1.29, 1.82) is 0 Å². The Morgan fingerprint density at radius 2 is 1.80 bits per heavy atom. The maximum absolute atomic E-state index is 15.2. The number of rotatable bonds is 14. The van der Waals surface area contributed by atoms with Gasteiger partial charge in [0.25, 0.3) is 5.91 Å². The highest BCUT2D eigenvalue weighted by atomic mass is 19.1. The van der Waals surface area contributed by atoms with E-state index in [4.69, 9.17) is 19.3 Å². The van der Waals surface area contributed by atoms with Crippen molar-refractivity contribution in [3.05, 3.63) is 58.7 Å². The van der Waals surface area contributed by atoms with E-state index in [1.165, 1.54) is 12.0 Å². The molecule has 2 aromatic carbocycles. The third kappa shape index (κ3) is 8.23. The quantitative estimate of drug-likeness (QED) is 0.316. The highest BCUT2D eigenvalue weighted by Gasteiger charge is 2.36. The van der Waals surface area contributed by atoms with Crippen LogP contribution in [0.25, 0.3) is 0 Å². The molecule has 1 aliphatic heterocycles. The maximum atomic E-state index is 15.2. The topological polar surface area (TPSA) is 114 Å². The first-order valence-electron chi connectivity index (χ1n) is 13.6. The van der Waals surface area contributed by atoms with Crippen molar-refractivity contribution in [1.82, 2.24) is 4.90 Å². The number of aliphatic carboxylic acids is 1. The number of carboxylic acid groups (broad SMARTS) is 1. The van der Waals surface area contributed by atoms with Gasteiger partial charge in [-0.05, 0) is 55.2 Å². The first-order chi connectivity index (χ1) is 19.5. The van der Waals surface area contributed by atoms with E-state index in [1.807, 2.05) is 13.0 Å². The van der Waals surface area contributed by atoms with E-state index in [0.717, 1.165) is 17.7 Å². The summed E-state index contributed by atoms with van der Waals surface area (Å²) < 4.78 is 46.5. The first kappa shape index (κ1) is 32.0. The third-order valence-corrected chi connectivity index (χ3v) is 6.88. The van der Waals surface area contributed by atoms with E-state index in [9.17, 15) is 14.4 Å². The number of methoxy groups -OCH3 is 1. The summed E-state index contributed by atoms with van der Waals surface area (Å²) in [6, 6.07) is 6.24. The van der Waals surface area contributed by atoms with E-state index in [0.29, 0.717) is 30.9 Å². The van der Waals surface area contributed by atoms with E-state index in [2.05, 4.69) is 5.32 Å². The molecule has 11 heteroatoms. The molecule has 0 unspecified atom stereocenters. The highest BCUT2D eigenvalue weighted by molar-refractivity contribution is 5.98. The van der Waals surface area contributed by atoms with E-state index in [-0.39, 0.29) is 56.2 Å². The molecule has 2 amide bonds. The molecule has 0 fully saturated rings. The molecule has 1 atom stereocenters. The standard InChI is InChI=1S/C30H38F2N2O7/c1-5-41-21-9-10-22-19(15-21)11-12-34(25(35)7-6-8-26(36)37)28(22)29(38)33-20-16-23(31)27(24(32)17-20)30(2,3)18-40-14-13-39-4/h9-10,15-17,28H,5-8,11-14,18H2,1-4H3,(H,33,38)(H,36,37)/t28-/m1/s1. The van der Waals surface area contributed by atoms with Crippen molar-refractivity contribution < 1.29 is 42.5 Å². The smallest absolute Gasteiger partial charge is 0.303 e. The van der Waals surface area contributed by atoms with Gasteiger partial charge >= 0.3 is 5.97 Å². The van der Waals surface area contributed by atoms with Crippen LogP contribution in [0.3, 0.4) is 0 Å². The van der Waals surface area contributed by atoms with Crippen molar-refractivity contribution in [2.24, 2.45) is 0 Å². The molecule has 2 N–H and O–H groups in total. The third-order valence-electron chi connectivity index (χ3n) is 6.88. The number of nitrogens with zero attached hydrogens (tertiary/aromatic N) is 1. The van der Waals surface area contributed by atoms with Crippen LogP contribution < -0.4 is 10.1 Å². The summed E-state index contributed by atoms with van der Waals surface area (Å²) in [5.74, 6) is -3.10. The maximum Gasteiger partial charge on any atom is 0.303 e. The van der Waals surface area contributed by atoms with Crippen molar-refractivity contribution >= 4 is 23.5 Å². The Bertz CT molecular complexity index is 1230. The fraction of sp³-hybridized carbons (Fsp3) is 0.500. The van der Waals surface area contributed by atoms with Gasteiger partial charge in [0.15, 0.2) is 0 Å². The van der Waals surface area contributed by atoms with Gasteiger partial charge in [-0.25, -0.2) is 8.78 Å². The zero-order valence-electron chi connectivity index (χ0n) is 23.9. The Morgan fingerprint density at radius 1 is 1.10 bits per heavy atom. The lowest BCUT2D eigenvalue weighted by atomic mass is 9.84. The molecule has 0 spiro atoms. The molecule has 0 bridgehead atoms. The second-order valence-corrected chi connectivity index (χ2v) is 10.5. The van der Waals surface area contributed by atoms with Gasteiger partial charge in [-0.1, -0.05) is 19.9 Å². The molecule has 1 heterocycles. The van der Waals surface area contributed by atoms with Gasteiger partial charge in [-0.15, -0.1) is 0 Å². The van der Waals surface area contributed by atoms with Crippen LogP contribution in [0.1, 0.15) is 62.8 Å². The molecule has 0 aliphatic carbocycles. The molecular weight excluding hydrogens is 538 g/mol. The lowest BCUT2D eigenvalue weighted by Gasteiger charge is -2.36. The number of hydrogen-bond acceptors (Lipinski definition) is 6. The first-order valence-corrected chi connectivity index (χ1v) is 13.6. The van der Waals surface area contributed by atoms with Gasteiger partial charge < -0.3 is 29.5 Å². The minimum absolute atomic E-state index is 0.0530. The number of nitrogens with one attached hydrogen (secondary N) is 1. The molecule has 1 aliphatic rings. The largest absolute Gasteiger partial charge is 0.494 e. The number of benzene rings is 2. The van der Waals surface area contributed by atoms with Crippen molar-refractivity contribution in [2.75, 3.05) is 45.4 Å². The van der Waals surface area contributed by atoms with E-state index < -0.39 is 35.0 Å². The number of hydrogen-bond donors (Lipinski definition) is 2. The average Bonchev–Trinajstić information content (AvgIpc) is 2.89. The molecule has 0 saturated heterocycles. The Balaban J connectivity index is 1.88. The number of carboxylic acids is 1. The number of carbonyl (C=O) groups is 3. The Kier molecular flexibility index (Phi) is 11.2. The summed E-state index contributed by atoms with van der Waals surface area (Å²) in [4.78, 5) is 39.1. The van der Waals surface area contributed by atoms with Crippen LogP contribution in [0.2, 0.25) is 0 Å². The summed E-state index contributed by atoms with van der Waals surface area (Å²) in [6.07, 6.45) is 0.355. The number of halogens is 2. The van der Waals surface area contributed by atoms with Gasteiger partial charge in [0, 0.05) is 43.2 Å². The summed E-state index contributed by atoms with van der Waals surface area (Å²) in [5, 5.41) is 11.5. The van der Waals surface area contributed by atoms with Gasteiger partial charge in [0.05, 0.1) is 26.4 Å². The molecule has 2 aromatic rings. The van der Waals surface area contributed by atoms with Gasteiger partial charge in [0.2, 0.25) is 5.91 Å². The molecule has 0 radical (unpaired) electrons. The second-order valence-electron chi connectivity index (χ2n) is 10.5. The van der Waals surface area contributed by atoms with Crippen LogP contribution in [-0.4, -0.2) is 67.9 Å². The Morgan fingerprint density at radius 3 is 2.44 bits per heavy atom. The lowest BCUT2D eigenvalue weighted by molar-refractivity contribution is -0.140. The monoisotopic (exact) mass is 576 g/mol. The molecule has 9 nitrogen and oxygen atoms in total. The summed E-state index contributed by atoms with van der Waals surface area (Å²) in [6.45, 7) is 6.52. The highest BCUT2D eigenvalue weighted by Crippen LogP contribution is 2.35. The van der Waals surface area contributed by atoms with Gasteiger partial charge in [0.1, 0.15) is 23.4 Å². The number of ether oxygens (including phenoxy) is 3. The molecule has 41 heavy (non-hydrogen) atoms. The normalized spacial score (nSPS) is 14.9. The predicted molar refractivity (Wildman–Crippen MR) is 148 cm³/mol. The number of anilines is 1. The Labute approximate surface area is 238 Å². The van der Waals surface area contributed by atoms with Crippen molar-refractivity contribution in [3.8, 4) is 5.75 Å². The molecule has 224 valence electrons. The van der Waals surface area contributed by atoms with Gasteiger partial charge in [-0.3, -0.25) is 14.4 Å². The predicted octanol–water partition coefficient (Wildman–Crippen LogP) is 4.62. The SMILES string of the molecule is CCOc1ccc2c(c1)CCN(C(=O)CCCC(=O)O)[C@H]2C(=O)Nc1cc(F)c(C(C)(C)COCCOC)c(F)c1. The van der Waals surface area contributed by atoms with E-state index >= 15 is 8.78 Å². The minimum atomic E-state index is -1.08. The average molecular weight is 577 g/mol. The lowest BCUT2D eigenvalue weighted by Crippen LogP contribution is -2.45. The number of fused-ring (bicyclic) bond motifs is 1. The summed E-state index contributed by atoms with van der Waals surface area (Å²) >= 11 is 0. The van der Waals surface area contributed by atoms with Crippen LogP contribution >= 0.6 is 0 Å². The number of carbonyl (C=O) groups excluding carboxylic acids is 2. The zero-order valence-corrected chi connectivity index (χ0v) is 23.9. The van der Waals surface area contributed by atoms with Crippen molar-refractivity contribution in [3.63, 3.8) is 0 Å². The minimum Gasteiger partial charge on any atom is -0.494 e. The second kappa shape index (κ2) is 14.4. The molecule has 0 aromatic heterocycles. The molecular formula is C30H38F2N2O7. The summed E-state index contributed by atoms with van der Waals surface area (Å²) in [7, 11) is 1.53. The zero-order chi connectivity index (χ0) is 30.2. The molecule has 0 saturated carbocycles.